The number of anilines is 1. The van der Waals surface area contributed by atoms with E-state index in [0.717, 1.165) is 12.1 Å². The van der Waals surface area contributed by atoms with Crippen molar-refractivity contribution in [2.45, 2.75) is 19.0 Å². The van der Waals surface area contributed by atoms with E-state index in [1.54, 1.807) is 0 Å². The molecule has 138 valence electrons. The summed E-state index contributed by atoms with van der Waals surface area (Å²) in [6.07, 6.45) is -3.42. The first-order valence-corrected chi connectivity index (χ1v) is 7.93. The van der Waals surface area contributed by atoms with E-state index in [9.17, 15) is 22.8 Å². The Bertz CT molecular complexity index is 597. The van der Waals surface area contributed by atoms with Crippen LogP contribution in [-0.4, -0.2) is 48.2 Å². The molecule has 3 N–H and O–H groups in total. The van der Waals surface area contributed by atoms with Gasteiger partial charge >= 0.3 is 12.2 Å². The van der Waals surface area contributed by atoms with Crippen molar-refractivity contribution in [1.82, 2.24) is 10.2 Å². The van der Waals surface area contributed by atoms with Crippen LogP contribution < -0.4 is 10.6 Å². The highest BCUT2D eigenvalue weighted by Crippen LogP contribution is 2.30. The first kappa shape index (κ1) is 19.0. The van der Waals surface area contributed by atoms with Gasteiger partial charge in [-0.1, -0.05) is 0 Å². The van der Waals surface area contributed by atoms with Crippen molar-refractivity contribution in [2.75, 3.05) is 31.6 Å². The van der Waals surface area contributed by atoms with Gasteiger partial charge in [0.1, 0.15) is 0 Å². The molecule has 1 aromatic carbocycles. The van der Waals surface area contributed by atoms with Gasteiger partial charge < -0.3 is 20.6 Å². The highest BCUT2D eigenvalue weighted by molar-refractivity contribution is 5.89. The lowest BCUT2D eigenvalue weighted by molar-refractivity contribution is -0.137. The Labute approximate surface area is 143 Å². The largest absolute Gasteiger partial charge is 0.416 e. The van der Waals surface area contributed by atoms with Gasteiger partial charge in [-0.2, -0.15) is 13.2 Å². The van der Waals surface area contributed by atoms with E-state index in [4.69, 9.17) is 5.11 Å². The van der Waals surface area contributed by atoms with Gasteiger partial charge in [0.25, 0.3) is 0 Å². The third-order valence-electron chi connectivity index (χ3n) is 4.03. The average Bonchev–Trinajstić information content (AvgIpc) is 2.59. The number of carbonyl (C=O) groups is 2. The Kier molecular flexibility index (Phi) is 6.24. The highest BCUT2D eigenvalue weighted by atomic mass is 19.4. The molecule has 1 aromatic rings. The molecule has 2 rings (SSSR count). The zero-order valence-corrected chi connectivity index (χ0v) is 13.5. The van der Waals surface area contributed by atoms with Crippen LogP contribution in [0.1, 0.15) is 18.4 Å². The molecule has 1 heterocycles. The van der Waals surface area contributed by atoms with Gasteiger partial charge in [-0.05, 0) is 37.1 Å². The number of rotatable bonds is 4. The molecule has 1 fully saturated rings. The van der Waals surface area contributed by atoms with Crippen molar-refractivity contribution in [3.05, 3.63) is 29.8 Å². The van der Waals surface area contributed by atoms with Crippen LogP contribution in [0, 0.1) is 5.92 Å². The molecule has 0 atom stereocenters. The first-order valence-electron chi connectivity index (χ1n) is 7.93. The van der Waals surface area contributed by atoms with Crippen LogP contribution in [0.15, 0.2) is 24.3 Å². The third-order valence-corrected chi connectivity index (χ3v) is 4.03. The molecule has 0 unspecified atom stereocenters. The minimum atomic E-state index is -4.42. The summed E-state index contributed by atoms with van der Waals surface area (Å²) in [4.78, 5) is 25.5. The van der Waals surface area contributed by atoms with E-state index in [2.05, 4.69) is 10.6 Å². The summed E-state index contributed by atoms with van der Waals surface area (Å²) in [5, 5.41) is 13.9. The average molecular weight is 359 g/mol. The molecule has 25 heavy (non-hydrogen) atoms. The van der Waals surface area contributed by atoms with Gasteiger partial charge in [-0.25, -0.2) is 4.79 Å². The van der Waals surface area contributed by atoms with Gasteiger partial charge in [0.15, 0.2) is 0 Å². The summed E-state index contributed by atoms with van der Waals surface area (Å²) in [5.74, 6) is -0.349. The maximum Gasteiger partial charge on any atom is 0.416 e. The van der Waals surface area contributed by atoms with Crippen molar-refractivity contribution < 1.29 is 27.9 Å². The summed E-state index contributed by atoms with van der Waals surface area (Å²) in [7, 11) is 0. The minimum Gasteiger partial charge on any atom is -0.395 e. The summed E-state index contributed by atoms with van der Waals surface area (Å²) < 4.78 is 37.5. The third kappa shape index (κ3) is 5.35. The number of nitrogens with zero attached hydrogens (tertiary/aromatic N) is 1. The van der Waals surface area contributed by atoms with Crippen LogP contribution in [0.25, 0.3) is 0 Å². The highest BCUT2D eigenvalue weighted by Gasteiger charge is 2.30. The number of amides is 3. The summed E-state index contributed by atoms with van der Waals surface area (Å²) in [5.41, 5.74) is -0.499. The van der Waals surface area contributed by atoms with Crippen molar-refractivity contribution in [3.8, 4) is 0 Å². The number of benzene rings is 1. The molecule has 0 saturated carbocycles. The molecule has 3 amide bonds. The van der Waals surface area contributed by atoms with E-state index in [0.29, 0.717) is 25.9 Å². The van der Waals surface area contributed by atoms with Crippen molar-refractivity contribution in [1.29, 1.82) is 0 Å². The number of carbonyl (C=O) groups excluding carboxylic acids is 2. The smallest absolute Gasteiger partial charge is 0.395 e. The Hall–Kier alpha value is -2.29. The van der Waals surface area contributed by atoms with Gasteiger partial charge in [0.05, 0.1) is 12.2 Å². The van der Waals surface area contributed by atoms with Crippen LogP contribution in [0.3, 0.4) is 0 Å². The fourth-order valence-electron chi connectivity index (χ4n) is 2.61. The zero-order chi connectivity index (χ0) is 18.4. The number of aliphatic hydroxyl groups excluding tert-OH is 1. The fourth-order valence-corrected chi connectivity index (χ4v) is 2.61. The van der Waals surface area contributed by atoms with E-state index in [1.807, 2.05) is 0 Å². The van der Waals surface area contributed by atoms with E-state index < -0.39 is 17.8 Å². The second-order valence-electron chi connectivity index (χ2n) is 5.78. The Balaban J connectivity index is 1.83. The standard InChI is InChI=1S/C16H20F3N3O3/c17-16(18,19)12-1-3-13(4-2-12)21-15(25)22-8-5-11(6-9-22)14(24)20-7-10-23/h1-4,11,23H,5-10H2,(H,20,24)(H,21,25). The number of nitrogens with one attached hydrogen (secondary N) is 2. The van der Waals surface area contributed by atoms with Gasteiger partial charge in [0.2, 0.25) is 5.91 Å². The summed E-state index contributed by atoms with van der Waals surface area (Å²) in [6, 6.07) is 3.82. The number of halogens is 3. The molecular formula is C16H20F3N3O3. The van der Waals surface area contributed by atoms with E-state index in [1.165, 1.54) is 17.0 Å². The summed E-state index contributed by atoms with van der Waals surface area (Å²) in [6.45, 7) is 0.834. The molecule has 6 nitrogen and oxygen atoms in total. The quantitative estimate of drug-likeness (QED) is 0.770. The number of likely N-dealkylation sites (tertiary alicyclic amines) is 1. The van der Waals surface area contributed by atoms with E-state index in [-0.39, 0.29) is 30.7 Å². The fraction of sp³-hybridized carbons (Fsp3) is 0.500. The predicted molar refractivity (Wildman–Crippen MR) is 84.9 cm³/mol. The second kappa shape index (κ2) is 8.19. The molecule has 0 aromatic heterocycles. The summed E-state index contributed by atoms with van der Waals surface area (Å²) >= 11 is 0. The normalized spacial score (nSPS) is 15.8. The predicted octanol–water partition coefficient (Wildman–Crippen LogP) is 2.06. The van der Waals surface area contributed by atoms with Crippen LogP contribution >= 0.6 is 0 Å². The lowest BCUT2D eigenvalue weighted by Gasteiger charge is -2.31. The Morgan fingerprint density at radius 1 is 1.16 bits per heavy atom. The van der Waals surface area contributed by atoms with Crippen LogP contribution in [0.2, 0.25) is 0 Å². The second-order valence-corrected chi connectivity index (χ2v) is 5.78. The molecule has 0 aliphatic carbocycles. The molecule has 9 heteroatoms. The number of hydrogen-bond acceptors (Lipinski definition) is 3. The SMILES string of the molecule is O=C(NCCO)C1CCN(C(=O)Nc2ccc(C(F)(F)F)cc2)CC1. The zero-order valence-electron chi connectivity index (χ0n) is 13.5. The first-order chi connectivity index (χ1) is 11.8. The van der Waals surface area contributed by atoms with Crippen LogP contribution in [-0.2, 0) is 11.0 Å². The topological polar surface area (TPSA) is 81.7 Å². The maximum absolute atomic E-state index is 12.5. The van der Waals surface area contributed by atoms with Crippen molar-refractivity contribution in [3.63, 3.8) is 0 Å². The Morgan fingerprint density at radius 3 is 2.28 bits per heavy atom. The number of hydrogen-bond donors (Lipinski definition) is 3. The molecule has 0 radical (unpaired) electrons. The molecular weight excluding hydrogens is 339 g/mol. The molecule has 1 saturated heterocycles. The molecule has 0 spiro atoms. The molecule has 1 aliphatic rings. The molecule has 0 bridgehead atoms. The number of urea groups is 1. The van der Waals surface area contributed by atoms with Gasteiger partial charge in [0, 0.05) is 31.2 Å². The van der Waals surface area contributed by atoms with Crippen LogP contribution in [0.4, 0.5) is 23.7 Å². The monoisotopic (exact) mass is 359 g/mol. The van der Waals surface area contributed by atoms with Crippen molar-refractivity contribution >= 4 is 17.6 Å². The Morgan fingerprint density at radius 2 is 1.76 bits per heavy atom. The lowest BCUT2D eigenvalue weighted by Crippen LogP contribution is -2.44. The van der Waals surface area contributed by atoms with E-state index >= 15 is 0 Å². The lowest BCUT2D eigenvalue weighted by atomic mass is 9.96. The number of piperidine rings is 1. The van der Waals surface area contributed by atoms with Crippen molar-refractivity contribution in [2.24, 2.45) is 5.92 Å². The molecule has 1 aliphatic heterocycles. The van der Waals surface area contributed by atoms with Crippen LogP contribution in [0.5, 0.6) is 0 Å². The maximum atomic E-state index is 12.5. The number of aliphatic hydroxyl groups is 1. The van der Waals surface area contributed by atoms with Gasteiger partial charge in [-0.3, -0.25) is 4.79 Å². The minimum absolute atomic E-state index is 0.125. The van der Waals surface area contributed by atoms with Gasteiger partial charge in [-0.15, -0.1) is 0 Å². The number of alkyl halides is 3.